The number of fused-ring (bicyclic) bond motifs is 1. The second kappa shape index (κ2) is 6.17. The first-order chi connectivity index (χ1) is 12.1. The van der Waals surface area contributed by atoms with Crippen LogP contribution < -0.4 is 14.8 Å². The summed E-state index contributed by atoms with van der Waals surface area (Å²) in [6.07, 6.45) is -0.794. The molecule has 0 bridgehead atoms. The SMILES string of the molecule is Cc1nc(C)c(-c2nnc(NC(=O)C3COc4ccccc4O3)o2)s1. The summed E-state index contributed by atoms with van der Waals surface area (Å²) in [4.78, 5) is 17.4. The monoisotopic (exact) mass is 358 g/mol. The molecule has 1 N–H and O–H groups in total. The van der Waals surface area contributed by atoms with Crippen LogP contribution in [0.15, 0.2) is 28.7 Å². The molecule has 0 spiro atoms. The van der Waals surface area contributed by atoms with Crippen molar-refractivity contribution in [1.82, 2.24) is 15.2 Å². The van der Waals surface area contributed by atoms with Crippen LogP contribution >= 0.6 is 11.3 Å². The van der Waals surface area contributed by atoms with Gasteiger partial charge < -0.3 is 13.9 Å². The smallest absolute Gasteiger partial charge is 0.322 e. The zero-order valence-corrected chi connectivity index (χ0v) is 14.3. The molecule has 8 nitrogen and oxygen atoms in total. The van der Waals surface area contributed by atoms with E-state index in [1.54, 1.807) is 12.1 Å². The number of rotatable bonds is 3. The van der Waals surface area contributed by atoms with Gasteiger partial charge in [0.2, 0.25) is 6.10 Å². The number of carbonyl (C=O) groups excluding carboxylic acids is 1. The third-order valence-corrected chi connectivity index (χ3v) is 4.61. The predicted molar refractivity (Wildman–Crippen MR) is 89.9 cm³/mol. The summed E-state index contributed by atoms with van der Waals surface area (Å²) >= 11 is 1.46. The van der Waals surface area contributed by atoms with Gasteiger partial charge in [0, 0.05) is 0 Å². The quantitative estimate of drug-likeness (QED) is 0.768. The van der Waals surface area contributed by atoms with Gasteiger partial charge >= 0.3 is 6.01 Å². The summed E-state index contributed by atoms with van der Waals surface area (Å²) in [6.45, 7) is 3.88. The van der Waals surface area contributed by atoms with Gasteiger partial charge in [-0.2, -0.15) is 0 Å². The number of nitrogens with zero attached hydrogens (tertiary/aromatic N) is 3. The van der Waals surface area contributed by atoms with E-state index in [-0.39, 0.29) is 12.6 Å². The fourth-order valence-electron chi connectivity index (χ4n) is 2.43. The van der Waals surface area contributed by atoms with Gasteiger partial charge in [0.15, 0.2) is 11.5 Å². The maximum absolute atomic E-state index is 12.3. The summed E-state index contributed by atoms with van der Waals surface area (Å²) in [5.74, 6) is 1.05. The Labute approximate surface area is 146 Å². The number of anilines is 1. The molecule has 128 valence electrons. The zero-order chi connectivity index (χ0) is 17.4. The Morgan fingerprint density at radius 2 is 2.04 bits per heavy atom. The molecule has 25 heavy (non-hydrogen) atoms. The summed E-state index contributed by atoms with van der Waals surface area (Å²) in [6, 6.07) is 7.19. The lowest BCUT2D eigenvalue weighted by atomic mass is 10.2. The van der Waals surface area contributed by atoms with Gasteiger partial charge in [-0.1, -0.05) is 17.2 Å². The third-order valence-electron chi connectivity index (χ3n) is 3.55. The van der Waals surface area contributed by atoms with E-state index in [2.05, 4.69) is 20.5 Å². The molecule has 2 aromatic heterocycles. The average Bonchev–Trinajstić information content (AvgIpc) is 3.20. The second-order valence-electron chi connectivity index (χ2n) is 5.41. The lowest BCUT2D eigenvalue weighted by Crippen LogP contribution is -2.40. The lowest BCUT2D eigenvalue weighted by Gasteiger charge is -2.24. The van der Waals surface area contributed by atoms with Gasteiger partial charge in [-0.05, 0) is 26.0 Å². The average molecular weight is 358 g/mol. The topological polar surface area (TPSA) is 99.4 Å². The van der Waals surface area contributed by atoms with Crippen LogP contribution in [0.5, 0.6) is 11.5 Å². The molecule has 3 aromatic rings. The molecule has 0 aliphatic carbocycles. The molecule has 1 unspecified atom stereocenters. The van der Waals surface area contributed by atoms with E-state index in [9.17, 15) is 4.79 Å². The minimum absolute atomic E-state index is 0.00733. The van der Waals surface area contributed by atoms with Crippen molar-refractivity contribution in [2.24, 2.45) is 0 Å². The number of nitrogens with one attached hydrogen (secondary N) is 1. The number of hydrogen-bond acceptors (Lipinski definition) is 8. The Morgan fingerprint density at radius 1 is 1.24 bits per heavy atom. The number of para-hydroxylation sites is 2. The van der Waals surface area contributed by atoms with E-state index in [0.29, 0.717) is 17.4 Å². The van der Waals surface area contributed by atoms with Gasteiger partial charge in [-0.25, -0.2) is 4.98 Å². The van der Waals surface area contributed by atoms with Crippen molar-refractivity contribution in [2.75, 3.05) is 11.9 Å². The molecular formula is C16H14N4O4S. The number of benzene rings is 1. The van der Waals surface area contributed by atoms with E-state index >= 15 is 0 Å². The fraction of sp³-hybridized carbons (Fsp3) is 0.250. The second-order valence-corrected chi connectivity index (χ2v) is 6.62. The first-order valence-corrected chi connectivity index (χ1v) is 8.39. The Hall–Kier alpha value is -2.94. The van der Waals surface area contributed by atoms with Crippen LogP contribution in [0.25, 0.3) is 10.8 Å². The van der Waals surface area contributed by atoms with Crippen molar-refractivity contribution >= 4 is 23.3 Å². The Bertz CT molecular complexity index is 936. The van der Waals surface area contributed by atoms with Crippen LogP contribution in [0.3, 0.4) is 0 Å². The van der Waals surface area contributed by atoms with Crippen molar-refractivity contribution in [3.63, 3.8) is 0 Å². The van der Waals surface area contributed by atoms with E-state index in [0.717, 1.165) is 15.6 Å². The summed E-state index contributed by atoms with van der Waals surface area (Å²) in [7, 11) is 0. The molecule has 0 saturated carbocycles. The van der Waals surface area contributed by atoms with E-state index < -0.39 is 12.0 Å². The molecule has 3 heterocycles. The predicted octanol–water partition coefficient (Wildman–Crippen LogP) is 2.59. The highest BCUT2D eigenvalue weighted by Crippen LogP contribution is 2.32. The molecule has 0 radical (unpaired) electrons. The van der Waals surface area contributed by atoms with Crippen molar-refractivity contribution in [2.45, 2.75) is 20.0 Å². The van der Waals surface area contributed by atoms with Crippen molar-refractivity contribution in [3.05, 3.63) is 35.0 Å². The normalized spacial score (nSPS) is 15.8. The van der Waals surface area contributed by atoms with Gasteiger partial charge in [0.05, 0.1) is 10.7 Å². The molecule has 9 heteroatoms. The number of thiazole rings is 1. The zero-order valence-electron chi connectivity index (χ0n) is 13.5. The summed E-state index contributed by atoms with van der Waals surface area (Å²) in [5, 5.41) is 11.3. The molecule has 0 fully saturated rings. The number of amides is 1. The maximum atomic E-state index is 12.3. The van der Waals surface area contributed by atoms with Crippen molar-refractivity contribution in [1.29, 1.82) is 0 Å². The third kappa shape index (κ3) is 3.05. The molecule has 1 amide bonds. The van der Waals surface area contributed by atoms with Crippen LogP contribution in [0.1, 0.15) is 10.7 Å². The van der Waals surface area contributed by atoms with Crippen LogP contribution in [0.2, 0.25) is 0 Å². The van der Waals surface area contributed by atoms with Crippen LogP contribution in [0.4, 0.5) is 6.01 Å². The van der Waals surface area contributed by atoms with Crippen molar-refractivity contribution < 1.29 is 18.7 Å². The van der Waals surface area contributed by atoms with Gasteiger partial charge in [-0.3, -0.25) is 10.1 Å². The standard InChI is InChI=1S/C16H14N4O4S/c1-8-13(25-9(2)17-8)15-19-20-16(24-15)18-14(21)12-7-22-10-5-3-4-6-11(10)23-12/h3-6,12H,7H2,1-2H3,(H,18,20,21). The highest BCUT2D eigenvalue weighted by Gasteiger charge is 2.28. The number of ether oxygens (including phenoxy) is 2. The lowest BCUT2D eigenvalue weighted by molar-refractivity contribution is -0.125. The Morgan fingerprint density at radius 3 is 2.80 bits per heavy atom. The van der Waals surface area contributed by atoms with Gasteiger partial charge in [0.25, 0.3) is 11.8 Å². The molecule has 1 atom stereocenters. The van der Waals surface area contributed by atoms with Gasteiger partial charge in [0.1, 0.15) is 11.5 Å². The summed E-state index contributed by atoms with van der Waals surface area (Å²) < 4.78 is 16.7. The van der Waals surface area contributed by atoms with E-state index in [4.69, 9.17) is 13.9 Å². The number of aromatic nitrogens is 3. The molecule has 1 aliphatic heterocycles. The first-order valence-electron chi connectivity index (χ1n) is 7.57. The Balaban J connectivity index is 1.46. The van der Waals surface area contributed by atoms with Crippen molar-refractivity contribution in [3.8, 4) is 22.3 Å². The van der Waals surface area contributed by atoms with Crippen LogP contribution in [-0.4, -0.2) is 33.8 Å². The number of hydrogen-bond donors (Lipinski definition) is 1. The highest BCUT2D eigenvalue weighted by atomic mass is 32.1. The van der Waals surface area contributed by atoms with E-state index in [1.165, 1.54) is 11.3 Å². The van der Waals surface area contributed by atoms with E-state index in [1.807, 2.05) is 26.0 Å². The number of carbonyl (C=O) groups is 1. The molecule has 1 aliphatic rings. The van der Waals surface area contributed by atoms with Crippen LogP contribution in [-0.2, 0) is 4.79 Å². The largest absolute Gasteiger partial charge is 0.485 e. The van der Waals surface area contributed by atoms with Crippen LogP contribution in [0, 0.1) is 13.8 Å². The fourth-order valence-corrected chi connectivity index (χ4v) is 3.27. The van der Waals surface area contributed by atoms with Gasteiger partial charge in [-0.15, -0.1) is 16.4 Å². The molecule has 1 aromatic carbocycles. The molecule has 4 rings (SSSR count). The molecule has 0 saturated heterocycles. The number of aryl methyl sites for hydroxylation is 2. The highest BCUT2D eigenvalue weighted by molar-refractivity contribution is 7.15. The maximum Gasteiger partial charge on any atom is 0.322 e. The summed E-state index contributed by atoms with van der Waals surface area (Å²) in [5.41, 5.74) is 0.810. The Kier molecular flexibility index (Phi) is 3.85. The minimum Gasteiger partial charge on any atom is -0.485 e. The first kappa shape index (κ1) is 15.6. The minimum atomic E-state index is -0.794. The molecular weight excluding hydrogens is 344 g/mol.